The molecule has 3 N–H and O–H groups in total. The lowest BCUT2D eigenvalue weighted by Gasteiger charge is -2.13. The summed E-state index contributed by atoms with van der Waals surface area (Å²) in [5, 5.41) is 2.71. The van der Waals surface area contributed by atoms with Crippen LogP contribution >= 0.6 is 0 Å². The molecule has 23 heavy (non-hydrogen) atoms. The van der Waals surface area contributed by atoms with Crippen molar-refractivity contribution in [3.05, 3.63) is 53.7 Å². The molecule has 0 atom stereocenters. The van der Waals surface area contributed by atoms with Crippen molar-refractivity contribution in [1.82, 2.24) is 10.3 Å². The second-order valence-corrected chi connectivity index (χ2v) is 5.48. The predicted octanol–water partition coefficient (Wildman–Crippen LogP) is 2.26. The molecule has 1 amide bonds. The highest BCUT2D eigenvalue weighted by Crippen LogP contribution is 2.32. The van der Waals surface area contributed by atoms with E-state index in [4.69, 9.17) is 10.5 Å². The van der Waals surface area contributed by atoms with Crippen molar-refractivity contribution in [3.8, 4) is 11.6 Å². The summed E-state index contributed by atoms with van der Waals surface area (Å²) in [6.45, 7) is 0.157. The lowest BCUT2D eigenvalue weighted by atomic mass is 10.2. The van der Waals surface area contributed by atoms with Crippen LogP contribution in [0.25, 0.3) is 0 Å². The van der Waals surface area contributed by atoms with E-state index in [9.17, 15) is 13.6 Å². The molecule has 0 spiro atoms. The van der Waals surface area contributed by atoms with E-state index in [0.29, 0.717) is 18.4 Å². The van der Waals surface area contributed by atoms with Gasteiger partial charge < -0.3 is 15.8 Å². The zero-order valence-corrected chi connectivity index (χ0v) is 12.2. The monoisotopic (exact) mass is 319 g/mol. The molecule has 1 aromatic carbocycles. The van der Waals surface area contributed by atoms with Crippen LogP contribution in [0.5, 0.6) is 11.6 Å². The zero-order valence-electron chi connectivity index (χ0n) is 12.2. The number of ether oxygens (including phenoxy) is 1. The third kappa shape index (κ3) is 3.45. The quantitative estimate of drug-likeness (QED) is 0.886. The van der Waals surface area contributed by atoms with Gasteiger partial charge in [0.1, 0.15) is 5.82 Å². The Kier molecular flexibility index (Phi) is 3.96. The summed E-state index contributed by atoms with van der Waals surface area (Å²) in [7, 11) is 0. The van der Waals surface area contributed by atoms with Gasteiger partial charge in [-0.05, 0) is 31.0 Å². The van der Waals surface area contributed by atoms with E-state index in [1.54, 1.807) is 12.1 Å². The first kappa shape index (κ1) is 15.4. The number of pyridine rings is 1. The predicted molar refractivity (Wildman–Crippen MR) is 78.7 cm³/mol. The van der Waals surface area contributed by atoms with Gasteiger partial charge in [-0.15, -0.1) is 0 Å². The largest absolute Gasteiger partial charge is 0.436 e. The number of hydrogen-bond acceptors (Lipinski definition) is 4. The maximum Gasteiger partial charge on any atom is 0.240 e. The number of nitrogens with one attached hydrogen (secondary N) is 1. The molecule has 0 radical (unpaired) electrons. The van der Waals surface area contributed by atoms with Gasteiger partial charge in [-0.1, -0.05) is 6.07 Å². The molecule has 3 rings (SSSR count). The molecule has 5 nitrogen and oxygen atoms in total. The molecule has 120 valence electrons. The highest BCUT2D eigenvalue weighted by atomic mass is 19.1. The summed E-state index contributed by atoms with van der Waals surface area (Å²) in [5.41, 5.74) is 5.60. The molecule has 0 bridgehead atoms. The van der Waals surface area contributed by atoms with Crippen LogP contribution in [0.3, 0.4) is 0 Å². The molecule has 0 unspecified atom stereocenters. The fraction of sp³-hybridized carbons (Fsp3) is 0.250. The van der Waals surface area contributed by atoms with Gasteiger partial charge in [0.15, 0.2) is 11.6 Å². The van der Waals surface area contributed by atoms with Crippen molar-refractivity contribution < 1.29 is 18.3 Å². The number of aromatic nitrogens is 1. The first-order chi connectivity index (χ1) is 11.0. The van der Waals surface area contributed by atoms with Gasteiger partial charge in [0.2, 0.25) is 11.8 Å². The first-order valence-corrected chi connectivity index (χ1v) is 7.12. The number of rotatable bonds is 5. The van der Waals surface area contributed by atoms with E-state index in [2.05, 4.69) is 10.3 Å². The zero-order chi connectivity index (χ0) is 16.4. The molecular formula is C16H15F2N3O2. The third-order valence-electron chi connectivity index (χ3n) is 3.63. The van der Waals surface area contributed by atoms with Crippen LogP contribution in [-0.2, 0) is 11.3 Å². The van der Waals surface area contributed by atoms with Gasteiger partial charge in [0.25, 0.3) is 0 Å². The minimum absolute atomic E-state index is 0.139. The summed E-state index contributed by atoms with van der Waals surface area (Å²) < 4.78 is 32.0. The summed E-state index contributed by atoms with van der Waals surface area (Å²) in [4.78, 5) is 15.9. The average molecular weight is 319 g/mol. The lowest BCUT2D eigenvalue weighted by molar-refractivity contribution is -0.123. The van der Waals surface area contributed by atoms with Gasteiger partial charge in [-0.3, -0.25) is 4.79 Å². The fourth-order valence-electron chi connectivity index (χ4n) is 2.03. The molecule has 1 heterocycles. The van der Waals surface area contributed by atoms with Gasteiger partial charge in [-0.25, -0.2) is 13.8 Å². The Hall–Kier alpha value is -2.54. The third-order valence-corrected chi connectivity index (χ3v) is 3.63. The molecule has 1 aromatic heterocycles. The summed E-state index contributed by atoms with van der Waals surface area (Å²) in [5.74, 6) is -1.76. The number of nitrogens with two attached hydrogens (primary N) is 1. The Balaban J connectivity index is 1.73. The Morgan fingerprint density at radius 2 is 2.13 bits per heavy atom. The maximum atomic E-state index is 13.7. The van der Waals surface area contributed by atoms with Crippen LogP contribution in [0.1, 0.15) is 18.4 Å². The number of carbonyl (C=O) groups excluding carboxylic acids is 1. The van der Waals surface area contributed by atoms with Crippen molar-refractivity contribution in [2.75, 3.05) is 0 Å². The Morgan fingerprint density at radius 3 is 2.83 bits per heavy atom. The molecule has 1 aliphatic rings. The molecule has 7 heteroatoms. The fourth-order valence-corrected chi connectivity index (χ4v) is 2.03. The molecule has 1 fully saturated rings. The standard InChI is InChI=1S/C16H15F2N3O2/c17-11-3-4-13(12(18)8-11)23-14-10(2-1-7-20-14)9-21-15(22)16(19)5-6-16/h1-4,7-8H,5-6,9,19H2,(H,21,22). The van der Waals surface area contributed by atoms with Gasteiger partial charge in [0, 0.05) is 24.4 Å². The van der Waals surface area contributed by atoms with Crippen LogP contribution < -0.4 is 15.8 Å². The van der Waals surface area contributed by atoms with Crippen LogP contribution in [-0.4, -0.2) is 16.4 Å². The molecular weight excluding hydrogens is 304 g/mol. The molecule has 1 saturated carbocycles. The molecule has 0 saturated heterocycles. The Labute approximate surface area is 131 Å². The average Bonchev–Trinajstić information content (AvgIpc) is 3.28. The summed E-state index contributed by atoms with van der Waals surface area (Å²) >= 11 is 0. The maximum absolute atomic E-state index is 13.7. The number of halogens is 2. The topological polar surface area (TPSA) is 77.2 Å². The van der Waals surface area contributed by atoms with Crippen molar-refractivity contribution in [3.63, 3.8) is 0 Å². The van der Waals surface area contributed by atoms with Crippen molar-refractivity contribution in [1.29, 1.82) is 0 Å². The van der Waals surface area contributed by atoms with E-state index >= 15 is 0 Å². The normalized spacial score (nSPS) is 15.1. The molecule has 2 aromatic rings. The Morgan fingerprint density at radius 1 is 1.35 bits per heavy atom. The van der Waals surface area contributed by atoms with Gasteiger partial charge in [-0.2, -0.15) is 0 Å². The second-order valence-electron chi connectivity index (χ2n) is 5.48. The summed E-state index contributed by atoms with van der Waals surface area (Å²) in [6.07, 6.45) is 2.80. The van der Waals surface area contributed by atoms with Crippen molar-refractivity contribution >= 4 is 5.91 Å². The number of amides is 1. The highest BCUT2D eigenvalue weighted by Gasteiger charge is 2.45. The number of nitrogens with zero attached hydrogens (tertiary/aromatic N) is 1. The van der Waals surface area contributed by atoms with Crippen LogP contribution in [0.4, 0.5) is 8.78 Å². The van der Waals surface area contributed by atoms with E-state index in [-0.39, 0.29) is 24.1 Å². The number of hydrogen-bond donors (Lipinski definition) is 2. The number of benzene rings is 1. The summed E-state index contributed by atoms with van der Waals surface area (Å²) in [6, 6.07) is 6.37. The Bertz CT molecular complexity index is 748. The van der Waals surface area contributed by atoms with Gasteiger partial charge in [0.05, 0.1) is 5.54 Å². The van der Waals surface area contributed by atoms with Crippen LogP contribution in [0.2, 0.25) is 0 Å². The molecule has 0 aliphatic heterocycles. The highest BCUT2D eigenvalue weighted by molar-refractivity contribution is 5.88. The minimum atomic E-state index is -0.829. The minimum Gasteiger partial charge on any atom is -0.436 e. The van der Waals surface area contributed by atoms with Gasteiger partial charge >= 0.3 is 0 Å². The smallest absolute Gasteiger partial charge is 0.240 e. The number of carbonyl (C=O) groups is 1. The van der Waals surface area contributed by atoms with Crippen LogP contribution in [0, 0.1) is 11.6 Å². The second kappa shape index (κ2) is 5.92. The van der Waals surface area contributed by atoms with E-state index in [1.807, 2.05) is 0 Å². The van der Waals surface area contributed by atoms with Crippen LogP contribution in [0.15, 0.2) is 36.5 Å². The first-order valence-electron chi connectivity index (χ1n) is 7.12. The van der Waals surface area contributed by atoms with E-state index in [0.717, 1.165) is 12.1 Å². The molecule has 1 aliphatic carbocycles. The van der Waals surface area contributed by atoms with E-state index < -0.39 is 17.2 Å². The van der Waals surface area contributed by atoms with Crippen molar-refractivity contribution in [2.24, 2.45) is 5.73 Å². The SMILES string of the molecule is NC1(C(=O)NCc2cccnc2Oc2ccc(F)cc2F)CC1. The lowest BCUT2D eigenvalue weighted by Crippen LogP contribution is -2.42. The van der Waals surface area contributed by atoms with E-state index in [1.165, 1.54) is 12.3 Å². The van der Waals surface area contributed by atoms with Crippen molar-refractivity contribution in [2.45, 2.75) is 24.9 Å².